The number of alkyl carbamates (subject to hydrolysis) is 1. The van der Waals surface area contributed by atoms with E-state index in [1.165, 1.54) is 18.2 Å². The van der Waals surface area contributed by atoms with Crippen LogP contribution in [-0.4, -0.2) is 34.1 Å². The molecule has 8 heteroatoms. The van der Waals surface area contributed by atoms with Crippen molar-refractivity contribution in [3.8, 4) is 0 Å². The Hall–Kier alpha value is -1.57. The molecule has 0 spiro atoms. The van der Waals surface area contributed by atoms with Crippen molar-refractivity contribution >= 4 is 23.8 Å². The van der Waals surface area contributed by atoms with E-state index < -0.39 is 16.7 Å². The zero-order valence-electron chi connectivity index (χ0n) is 16.1. The molecule has 2 amide bonds. The lowest BCUT2D eigenvalue weighted by atomic mass is 9.95. The molecule has 0 aromatic carbocycles. The van der Waals surface area contributed by atoms with Crippen LogP contribution in [0.2, 0.25) is 0 Å². The molecule has 1 heterocycles. The first-order chi connectivity index (χ1) is 11.5. The van der Waals surface area contributed by atoms with Gasteiger partial charge in [0.2, 0.25) is 12.3 Å². The van der Waals surface area contributed by atoms with Crippen molar-refractivity contribution in [1.29, 1.82) is 0 Å². The average molecular weight is 372 g/mol. The second-order valence-corrected chi connectivity index (χ2v) is 9.80. The van der Waals surface area contributed by atoms with Gasteiger partial charge in [0, 0.05) is 5.25 Å². The largest absolute Gasteiger partial charge is 0.449 e. The molecule has 0 aliphatic carbocycles. The summed E-state index contributed by atoms with van der Waals surface area (Å²) in [6.45, 7) is 14.0. The van der Waals surface area contributed by atoms with Crippen LogP contribution >= 0.6 is 11.8 Å². The average Bonchev–Trinajstić information content (AvgIpc) is 2.97. The summed E-state index contributed by atoms with van der Waals surface area (Å²) in [5.41, 5.74) is -0.186. The summed E-state index contributed by atoms with van der Waals surface area (Å²) in [6, 6.07) is 0. The number of hydrogen-bond donors (Lipinski definition) is 1. The molecular weight excluding hydrogens is 342 g/mol. The van der Waals surface area contributed by atoms with Crippen molar-refractivity contribution in [3.05, 3.63) is 12.3 Å². The highest BCUT2D eigenvalue weighted by Gasteiger charge is 2.47. The molecule has 0 aliphatic heterocycles. The van der Waals surface area contributed by atoms with Crippen molar-refractivity contribution in [2.24, 2.45) is 11.3 Å². The van der Waals surface area contributed by atoms with Gasteiger partial charge in [-0.05, 0) is 17.8 Å². The molecule has 1 aromatic rings. The maximum atomic E-state index is 13.0. The number of amides is 2. The zero-order chi connectivity index (χ0) is 19.3. The number of aromatic nitrogens is 2. The highest BCUT2D eigenvalue weighted by Crippen LogP contribution is 2.43. The molecule has 0 saturated carbocycles. The molecule has 1 atom stereocenters. The lowest BCUT2D eigenvalue weighted by Crippen LogP contribution is -2.47. The molecule has 142 valence electrons. The van der Waals surface area contributed by atoms with Crippen LogP contribution in [0.4, 0.5) is 4.79 Å². The topological polar surface area (TPSA) is 94.3 Å². The van der Waals surface area contributed by atoms with Crippen LogP contribution in [0.15, 0.2) is 10.8 Å². The molecule has 0 fully saturated rings. The first-order valence-corrected chi connectivity index (χ1v) is 9.27. The van der Waals surface area contributed by atoms with Crippen LogP contribution < -0.4 is 5.32 Å². The van der Waals surface area contributed by atoms with Gasteiger partial charge in [-0.1, -0.05) is 48.5 Å². The van der Waals surface area contributed by atoms with E-state index in [1.807, 2.05) is 48.5 Å². The maximum Gasteiger partial charge on any atom is 0.413 e. The minimum Gasteiger partial charge on any atom is -0.449 e. The Morgan fingerprint density at radius 1 is 1.28 bits per heavy atom. The predicted octanol–water partition coefficient (Wildman–Crippen LogP) is 3.75. The third-order valence-corrected chi connectivity index (χ3v) is 4.46. The van der Waals surface area contributed by atoms with E-state index in [2.05, 4.69) is 15.5 Å². The van der Waals surface area contributed by atoms with Crippen molar-refractivity contribution in [3.63, 3.8) is 0 Å². The lowest BCUT2D eigenvalue weighted by molar-refractivity contribution is -0.124. The van der Waals surface area contributed by atoms with Crippen molar-refractivity contribution in [2.75, 3.05) is 6.61 Å². The number of nitrogens with zero attached hydrogens (tertiary/aromatic N) is 2. The fourth-order valence-electron chi connectivity index (χ4n) is 2.27. The van der Waals surface area contributed by atoms with Crippen LogP contribution in [0.25, 0.3) is 0 Å². The Morgan fingerprint density at radius 2 is 1.92 bits per heavy atom. The van der Waals surface area contributed by atoms with E-state index in [4.69, 9.17) is 9.15 Å². The second-order valence-electron chi connectivity index (χ2n) is 7.93. The van der Waals surface area contributed by atoms with Gasteiger partial charge in [0.05, 0.1) is 6.61 Å². The van der Waals surface area contributed by atoms with Gasteiger partial charge in [-0.15, -0.1) is 22.0 Å². The smallest absolute Gasteiger partial charge is 0.413 e. The van der Waals surface area contributed by atoms with E-state index in [0.29, 0.717) is 6.42 Å². The molecule has 25 heavy (non-hydrogen) atoms. The minimum atomic E-state index is -1.14. The van der Waals surface area contributed by atoms with Crippen LogP contribution in [0.1, 0.15) is 60.8 Å². The van der Waals surface area contributed by atoms with Gasteiger partial charge < -0.3 is 9.15 Å². The Morgan fingerprint density at radius 3 is 2.36 bits per heavy atom. The molecule has 1 unspecified atom stereocenters. The van der Waals surface area contributed by atoms with Gasteiger partial charge in [-0.25, -0.2) is 4.79 Å². The molecule has 1 rings (SSSR count). The SMILES string of the molecule is CC(C)CC(SC(C)C)(C(=O)NC(=O)OCC(C)(C)C)c1nnco1. The summed E-state index contributed by atoms with van der Waals surface area (Å²) in [7, 11) is 0. The quantitative estimate of drug-likeness (QED) is 0.780. The normalized spacial score (nSPS) is 14.4. The number of imide groups is 1. The number of hydrogen-bond acceptors (Lipinski definition) is 7. The molecule has 1 N–H and O–H groups in total. The molecular formula is C17H29N3O4S. The van der Waals surface area contributed by atoms with Crippen LogP contribution in [0.5, 0.6) is 0 Å². The van der Waals surface area contributed by atoms with Crippen LogP contribution in [-0.2, 0) is 14.3 Å². The Balaban J connectivity index is 3.05. The zero-order valence-corrected chi connectivity index (χ0v) is 16.9. The second kappa shape index (κ2) is 8.69. The Labute approximate surface area is 153 Å². The first-order valence-electron chi connectivity index (χ1n) is 8.39. The number of ether oxygens (including phenoxy) is 1. The van der Waals surface area contributed by atoms with Gasteiger partial charge in [0.15, 0.2) is 4.75 Å². The predicted molar refractivity (Wildman–Crippen MR) is 97.1 cm³/mol. The fourth-order valence-corrected chi connectivity index (χ4v) is 3.85. The summed E-state index contributed by atoms with van der Waals surface area (Å²) in [6.07, 6.45) is 0.879. The number of carbonyl (C=O) groups is 2. The van der Waals surface area contributed by atoms with Gasteiger partial charge in [0.1, 0.15) is 0 Å². The summed E-state index contributed by atoms with van der Waals surface area (Å²) in [5, 5.41) is 10.1. The highest BCUT2D eigenvalue weighted by atomic mass is 32.2. The van der Waals surface area contributed by atoms with Crippen LogP contribution in [0, 0.1) is 11.3 Å². The molecule has 7 nitrogen and oxygen atoms in total. The van der Waals surface area contributed by atoms with E-state index in [-0.39, 0.29) is 29.1 Å². The summed E-state index contributed by atoms with van der Waals surface area (Å²) in [5.74, 6) is -0.126. The standard InChI is InChI=1S/C17H29N3O4S/c1-11(2)8-17(25-12(3)4,14-20-18-10-24-14)13(21)19-15(22)23-9-16(5,6)7/h10-12H,8-9H2,1-7H3,(H,19,21,22). The van der Waals surface area contributed by atoms with Gasteiger partial charge in [0.25, 0.3) is 5.91 Å². The lowest BCUT2D eigenvalue weighted by Gasteiger charge is -2.31. The monoisotopic (exact) mass is 371 g/mol. The summed E-state index contributed by atoms with van der Waals surface area (Å²) < 4.78 is 9.38. The van der Waals surface area contributed by atoms with Crippen molar-refractivity contribution in [1.82, 2.24) is 15.5 Å². The third-order valence-electron chi connectivity index (χ3n) is 3.06. The number of thioether (sulfide) groups is 1. The molecule has 0 aliphatic rings. The molecule has 1 aromatic heterocycles. The maximum absolute atomic E-state index is 13.0. The number of carbonyl (C=O) groups excluding carboxylic acids is 2. The highest BCUT2D eigenvalue weighted by molar-refractivity contribution is 8.01. The van der Waals surface area contributed by atoms with Crippen LogP contribution in [0.3, 0.4) is 0 Å². The first kappa shape index (κ1) is 21.5. The third kappa shape index (κ3) is 6.68. The molecule has 0 saturated heterocycles. The van der Waals surface area contributed by atoms with Gasteiger partial charge in [-0.2, -0.15) is 0 Å². The van der Waals surface area contributed by atoms with Crippen molar-refractivity contribution in [2.45, 2.75) is 64.9 Å². The minimum absolute atomic E-state index is 0.113. The fraction of sp³-hybridized carbons (Fsp3) is 0.765. The van der Waals surface area contributed by atoms with E-state index >= 15 is 0 Å². The number of nitrogens with one attached hydrogen (secondary N) is 1. The summed E-state index contributed by atoms with van der Waals surface area (Å²) in [4.78, 5) is 25.1. The van der Waals surface area contributed by atoms with E-state index in [9.17, 15) is 9.59 Å². The Bertz CT molecular complexity index is 555. The van der Waals surface area contributed by atoms with Crippen molar-refractivity contribution < 1.29 is 18.7 Å². The number of rotatable bonds is 7. The van der Waals surface area contributed by atoms with Gasteiger partial charge >= 0.3 is 6.09 Å². The van der Waals surface area contributed by atoms with Gasteiger partial charge in [-0.3, -0.25) is 10.1 Å². The molecule has 0 radical (unpaired) electrons. The molecule has 0 bridgehead atoms. The van der Waals surface area contributed by atoms with E-state index in [0.717, 1.165) is 0 Å². The summed E-state index contributed by atoms with van der Waals surface area (Å²) >= 11 is 1.39. The van der Waals surface area contributed by atoms with E-state index in [1.54, 1.807) is 0 Å². The Kier molecular flexibility index (Phi) is 7.46.